The molecule has 1 amide bonds. The molecule has 0 radical (unpaired) electrons. The molecule has 0 aliphatic heterocycles. The number of hydrogen-bond donors (Lipinski definition) is 1. The Morgan fingerprint density at radius 1 is 1.22 bits per heavy atom. The van der Waals surface area contributed by atoms with Gasteiger partial charge in [-0.2, -0.15) is 0 Å². The van der Waals surface area contributed by atoms with Crippen molar-refractivity contribution >= 4 is 17.5 Å². The minimum atomic E-state index is -0.194. The van der Waals surface area contributed by atoms with Crippen LogP contribution in [-0.2, 0) is 0 Å². The number of benzene rings is 1. The molecule has 2 rings (SSSR count). The van der Waals surface area contributed by atoms with E-state index in [0.29, 0.717) is 10.6 Å². The number of carbonyl (C=O) groups is 1. The number of aliphatic hydroxyl groups is 1. The first kappa shape index (κ1) is 13.4. The van der Waals surface area contributed by atoms with Crippen molar-refractivity contribution in [2.75, 3.05) is 7.05 Å². The van der Waals surface area contributed by atoms with Gasteiger partial charge in [-0.15, -0.1) is 0 Å². The number of nitrogens with zero attached hydrogens (tertiary/aromatic N) is 1. The van der Waals surface area contributed by atoms with E-state index in [4.69, 9.17) is 11.6 Å². The summed E-state index contributed by atoms with van der Waals surface area (Å²) in [5.41, 5.74) is 0.660. The van der Waals surface area contributed by atoms with E-state index < -0.39 is 0 Å². The zero-order chi connectivity index (χ0) is 13.1. The molecule has 1 N–H and O–H groups in total. The van der Waals surface area contributed by atoms with Crippen LogP contribution >= 0.6 is 11.6 Å². The number of carbonyl (C=O) groups excluding carboxylic acids is 1. The SMILES string of the molecule is CN(C(=O)c1ccc(Cl)cc1)C1CCC(O)CC1. The highest BCUT2D eigenvalue weighted by Gasteiger charge is 2.25. The molecule has 0 aromatic heterocycles. The maximum atomic E-state index is 12.3. The summed E-state index contributed by atoms with van der Waals surface area (Å²) in [4.78, 5) is 14.0. The summed E-state index contributed by atoms with van der Waals surface area (Å²) in [5, 5.41) is 10.1. The number of rotatable bonds is 2. The first-order valence-electron chi connectivity index (χ1n) is 6.28. The van der Waals surface area contributed by atoms with Gasteiger partial charge in [-0.1, -0.05) is 11.6 Å². The Kier molecular flexibility index (Phi) is 4.25. The van der Waals surface area contributed by atoms with Crippen LogP contribution in [0, 0.1) is 0 Å². The van der Waals surface area contributed by atoms with Crippen LogP contribution < -0.4 is 0 Å². The van der Waals surface area contributed by atoms with Gasteiger partial charge in [-0.25, -0.2) is 0 Å². The molecule has 98 valence electrons. The lowest BCUT2D eigenvalue weighted by Gasteiger charge is -2.33. The van der Waals surface area contributed by atoms with Crippen molar-refractivity contribution in [1.29, 1.82) is 0 Å². The summed E-state index contributed by atoms with van der Waals surface area (Å²) in [7, 11) is 1.83. The highest BCUT2D eigenvalue weighted by molar-refractivity contribution is 6.30. The molecule has 1 aliphatic carbocycles. The Bertz CT molecular complexity index is 410. The molecule has 0 unspecified atom stereocenters. The molecule has 1 saturated carbocycles. The van der Waals surface area contributed by atoms with Crippen molar-refractivity contribution < 1.29 is 9.90 Å². The van der Waals surface area contributed by atoms with Crippen molar-refractivity contribution in [3.05, 3.63) is 34.9 Å². The highest BCUT2D eigenvalue weighted by Crippen LogP contribution is 2.23. The second-order valence-electron chi connectivity index (χ2n) is 4.89. The molecule has 1 fully saturated rings. The maximum Gasteiger partial charge on any atom is 0.253 e. The lowest BCUT2D eigenvalue weighted by molar-refractivity contribution is 0.0569. The first-order chi connectivity index (χ1) is 8.58. The average Bonchev–Trinajstić information content (AvgIpc) is 2.39. The van der Waals surface area contributed by atoms with Gasteiger partial charge in [-0.3, -0.25) is 4.79 Å². The highest BCUT2D eigenvalue weighted by atomic mass is 35.5. The van der Waals surface area contributed by atoms with Crippen molar-refractivity contribution in [3.8, 4) is 0 Å². The summed E-state index contributed by atoms with van der Waals surface area (Å²) in [5.74, 6) is 0.0213. The van der Waals surface area contributed by atoms with Gasteiger partial charge in [0, 0.05) is 23.7 Å². The third-order valence-electron chi connectivity index (χ3n) is 3.63. The molecule has 0 spiro atoms. The van der Waals surface area contributed by atoms with E-state index in [9.17, 15) is 9.90 Å². The molecular formula is C14H18ClNO2. The van der Waals surface area contributed by atoms with Crippen LogP contribution in [0.1, 0.15) is 36.0 Å². The Hall–Kier alpha value is -1.06. The molecule has 1 aliphatic rings. The van der Waals surface area contributed by atoms with Gasteiger partial charge >= 0.3 is 0 Å². The van der Waals surface area contributed by atoms with Crippen molar-refractivity contribution in [3.63, 3.8) is 0 Å². The third kappa shape index (κ3) is 3.03. The molecule has 0 bridgehead atoms. The largest absolute Gasteiger partial charge is 0.393 e. The predicted molar refractivity (Wildman–Crippen MR) is 71.8 cm³/mol. The van der Waals surface area contributed by atoms with E-state index in [1.807, 2.05) is 7.05 Å². The Balaban J connectivity index is 2.02. The van der Waals surface area contributed by atoms with Crippen LogP contribution in [0.2, 0.25) is 5.02 Å². The predicted octanol–water partition coefficient (Wildman–Crippen LogP) is 2.72. The topological polar surface area (TPSA) is 40.5 Å². The summed E-state index contributed by atoms with van der Waals surface area (Å²) in [6, 6.07) is 7.19. The molecule has 1 aromatic carbocycles. The smallest absolute Gasteiger partial charge is 0.253 e. The fraction of sp³-hybridized carbons (Fsp3) is 0.500. The second-order valence-corrected chi connectivity index (χ2v) is 5.32. The third-order valence-corrected chi connectivity index (χ3v) is 3.88. The van der Waals surface area contributed by atoms with Gasteiger partial charge in [0.05, 0.1) is 6.10 Å². The first-order valence-corrected chi connectivity index (χ1v) is 6.66. The lowest BCUT2D eigenvalue weighted by atomic mass is 9.92. The number of halogens is 1. The monoisotopic (exact) mass is 267 g/mol. The van der Waals surface area contributed by atoms with Gasteiger partial charge in [0.15, 0.2) is 0 Å². The van der Waals surface area contributed by atoms with Crippen LogP contribution in [0.5, 0.6) is 0 Å². The van der Waals surface area contributed by atoms with E-state index in [0.717, 1.165) is 25.7 Å². The summed E-state index contributed by atoms with van der Waals surface area (Å²) >= 11 is 5.81. The minimum absolute atomic E-state index is 0.0213. The molecular weight excluding hydrogens is 250 g/mol. The number of aliphatic hydroxyl groups excluding tert-OH is 1. The normalized spacial score (nSPS) is 23.7. The number of hydrogen-bond acceptors (Lipinski definition) is 2. The van der Waals surface area contributed by atoms with E-state index in [2.05, 4.69) is 0 Å². The maximum absolute atomic E-state index is 12.3. The van der Waals surface area contributed by atoms with Gasteiger partial charge in [0.25, 0.3) is 5.91 Å². The fourth-order valence-corrected chi connectivity index (χ4v) is 2.53. The molecule has 4 heteroatoms. The average molecular weight is 268 g/mol. The van der Waals surface area contributed by atoms with E-state index in [1.165, 1.54) is 0 Å². The van der Waals surface area contributed by atoms with Crippen LogP contribution in [-0.4, -0.2) is 35.1 Å². The van der Waals surface area contributed by atoms with Crippen LogP contribution in [0.3, 0.4) is 0 Å². The van der Waals surface area contributed by atoms with E-state index in [1.54, 1.807) is 29.2 Å². The Morgan fingerprint density at radius 3 is 2.33 bits per heavy atom. The fourth-order valence-electron chi connectivity index (χ4n) is 2.41. The van der Waals surface area contributed by atoms with Gasteiger partial charge in [-0.05, 0) is 49.9 Å². The van der Waals surface area contributed by atoms with Gasteiger partial charge in [0.2, 0.25) is 0 Å². The zero-order valence-corrected chi connectivity index (χ0v) is 11.2. The molecule has 0 atom stereocenters. The van der Waals surface area contributed by atoms with E-state index >= 15 is 0 Å². The van der Waals surface area contributed by atoms with E-state index in [-0.39, 0.29) is 18.1 Å². The lowest BCUT2D eigenvalue weighted by Crippen LogP contribution is -2.40. The van der Waals surface area contributed by atoms with Crippen molar-refractivity contribution in [2.45, 2.75) is 37.8 Å². The zero-order valence-electron chi connectivity index (χ0n) is 10.5. The van der Waals surface area contributed by atoms with Gasteiger partial charge < -0.3 is 10.0 Å². The van der Waals surface area contributed by atoms with Crippen LogP contribution in [0.4, 0.5) is 0 Å². The van der Waals surface area contributed by atoms with Crippen molar-refractivity contribution in [1.82, 2.24) is 4.90 Å². The van der Waals surface area contributed by atoms with Crippen LogP contribution in [0.25, 0.3) is 0 Å². The Morgan fingerprint density at radius 2 is 1.78 bits per heavy atom. The summed E-state index contributed by atoms with van der Waals surface area (Å²) in [6.45, 7) is 0. The minimum Gasteiger partial charge on any atom is -0.393 e. The van der Waals surface area contributed by atoms with Crippen LogP contribution in [0.15, 0.2) is 24.3 Å². The Labute approximate surface area is 112 Å². The molecule has 1 aromatic rings. The molecule has 0 heterocycles. The number of amides is 1. The molecule has 0 saturated heterocycles. The standard InChI is InChI=1S/C14H18ClNO2/c1-16(12-6-8-13(17)9-7-12)14(18)10-2-4-11(15)5-3-10/h2-5,12-13,17H,6-9H2,1H3. The quantitative estimate of drug-likeness (QED) is 0.895. The second kappa shape index (κ2) is 5.72. The van der Waals surface area contributed by atoms with Gasteiger partial charge in [0.1, 0.15) is 0 Å². The summed E-state index contributed by atoms with van der Waals surface area (Å²) in [6.07, 6.45) is 3.11. The van der Waals surface area contributed by atoms with Crippen molar-refractivity contribution in [2.24, 2.45) is 0 Å². The molecule has 3 nitrogen and oxygen atoms in total. The molecule has 18 heavy (non-hydrogen) atoms. The summed E-state index contributed by atoms with van der Waals surface area (Å²) < 4.78 is 0.